The highest BCUT2D eigenvalue weighted by Crippen LogP contribution is 2.24. The van der Waals surface area contributed by atoms with Crippen LogP contribution in [-0.4, -0.2) is 13.1 Å². The minimum atomic E-state index is -0.469. The summed E-state index contributed by atoms with van der Waals surface area (Å²) < 4.78 is 10.9. The van der Waals surface area contributed by atoms with Gasteiger partial charge >= 0.3 is 5.97 Å². The van der Waals surface area contributed by atoms with Crippen LogP contribution in [0.4, 0.5) is 5.69 Å². The molecule has 0 unspecified atom stereocenters. The highest BCUT2D eigenvalue weighted by atomic mass is 79.9. The number of ether oxygens (including phenoxy) is 1. The van der Waals surface area contributed by atoms with Gasteiger partial charge in [0.1, 0.15) is 5.76 Å². The molecule has 19 heavy (non-hydrogen) atoms. The first-order valence-corrected chi connectivity index (χ1v) is 6.56. The van der Waals surface area contributed by atoms with Gasteiger partial charge in [-0.1, -0.05) is 6.07 Å². The molecule has 0 amide bonds. The van der Waals surface area contributed by atoms with E-state index in [1.165, 1.54) is 12.7 Å². The molecular weight excluding hydrogens is 310 g/mol. The van der Waals surface area contributed by atoms with Gasteiger partial charge in [0.25, 0.3) is 0 Å². The van der Waals surface area contributed by atoms with Crippen LogP contribution in [0.1, 0.15) is 21.9 Å². The van der Waals surface area contributed by atoms with Gasteiger partial charge in [0.05, 0.1) is 13.7 Å². The smallest absolute Gasteiger partial charge is 0.373 e. The Bertz CT molecular complexity index is 592. The standard InChI is InChI=1S/C14H14BrNO3/c1-9-3-5-11(15)12(7-9)16-8-10-4-6-13(19-10)14(17)18-2/h3-7,16H,8H2,1-2H3. The van der Waals surface area contributed by atoms with Gasteiger partial charge in [0.2, 0.25) is 5.76 Å². The van der Waals surface area contributed by atoms with Crippen LogP contribution in [0, 0.1) is 6.92 Å². The molecule has 0 saturated heterocycles. The third kappa shape index (κ3) is 3.38. The van der Waals surface area contributed by atoms with Crippen LogP contribution in [0.15, 0.2) is 39.2 Å². The highest BCUT2D eigenvalue weighted by molar-refractivity contribution is 9.10. The molecule has 2 aromatic rings. The van der Waals surface area contributed by atoms with Gasteiger partial charge in [0.15, 0.2) is 0 Å². The fourth-order valence-electron chi connectivity index (χ4n) is 1.64. The van der Waals surface area contributed by atoms with Crippen molar-refractivity contribution in [3.8, 4) is 0 Å². The zero-order valence-electron chi connectivity index (χ0n) is 10.7. The molecule has 0 aliphatic rings. The van der Waals surface area contributed by atoms with E-state index in [-0.39, 0.29) is 5.76 Å². The minimum Gasteiger partial charge on any atom is -0.463 e. The maximum Gasteiger partial charge on any atom is 0.373 e. The van der Waals surface area contributed by atoms with Crippen molar-refractivity contribution in [3.05, 3.63) is 51.9 Å². The number of carbonyl (C=O) groups is 1. The Morgan fingerprint density at radius 2 is 2.16 bits per heavy atom. The summed E-state index contributed by atoms with van der Waals surface area (Å²) in [5.41, 5.74) is 2.15. The second-order valence-corrected chi connectivity index (χ2v) is 4.95. The number of benzene rings is 1. The second-order valence-electron chi connectivity index (χ2n) is 4.09. The van der Waals surface area contributed by atoms with E-state index in [1.807, 2.05) is 25.1 Å². The van der Waals surface area contributed by atoms with Crippen molar-refractivity contribution in [3.63, 3.8) is 0 Å². The topological polar surface area (TPSA) is 51.5 Å². The summed E-state index contributed by atoms with van der Waals surface area (Å²) in [7, 11) is 1.33. The van der Waals surface area contributed by atoms with E-state index in [0.29, 0.717) is 12.3 Å². The predicted molar refractivity (Wildman–Crippen MR) is 76.3 cm³/mol. The van der Waals surface area contributed by atoms with Crippen molar-refractivity contribution in [2.45, 2.75) is 13.5 Å². The zero-order valence-corrected chi connectivity index (χ0v) is 12.3. The lowest BCUT2D eigenvalue weighted by Gasteiger charge is -2.07. The lowest BCUT2D eigenvalue weighted by molar-refractivity contribution is 0.0563. The molecular formula is C14H14BrNO3. The van der Waals surface area contributed by atoms with Crippen molar-refractivity contribution < 1.29 is 13.9 Å². The average molecular weight is 324 g/mol. The number of furan rings is 1. The summed E-state index contributed by atoms with van der Waals surface area (Å²) in [5.74, 6) is 0.416. The lowest BCUT2D eigenvalue weighted by atomic mass is 10.2. The number of esters is 1. The van der Waals surface area contributed by atoms with E-state index in [1.54, 1.807) is 12.1 Å². The van der Waals surface area contributed by atoms with Crippen LogP contribution in [0.2, 0.25) is 0 Å². The largest absolute Gasteiger partial charge is 0.463 e. The number of hydrogen-bond donors (Lipinski definition) is 1. The van der Waals surface area contributed by atoms with Gasteiger partial charge in [-0.05, 0) is 52.7 Å². The van der Waals surface area contributed by atoms with Gasteiger partial charge in [-0.3, -0.25) is 0 Å². The molecule has 1 aromatic heterocycles. The molecule has 0 spiro atoms. The molecule has 0 aliphatic heterocycles. The molecule has 1 N–H and O–H groups in total. The van der Waals surface area contributed by atoms with Crippen LogP contribution in [0.5, 0.6) is 0 Å². The Hall–Kier alpha value is -1.75. The van der Waals surface area contributed by atoms with Gasteiger partial charge in [-0.25, -0.2) is 4.79 Å². The van der Waals surface area contributed by atoms with Crippen molar-refractivity contribution in [1.82, 2.24) is 0 Å². The lowest BCUT2D eigenvalue weighted by Crippen LogP contribution is -2.00. The molecule has 100 valence electrons. The molecule has 0 radical (unpaired) electrons. The Morgan fingerprint density at radius 1 is 1.37 bits per heavy atom. The average Bonchev–Trinajstić information content (AvgIpc) is 2.88. The summed E-state index contributed by atoms with van der Waals surface area (Å²) in [6, 6.07) is 9.41. The third-order valence-electron chi connectivity index (χ3n) is 2.62. The quantitative estimate of drug-likeness (QED) is 0.870. The van der Waals surface area contributed by atoms with E-state index in [9.17, 15) is 4.79 Å². The molecule has 0 atom stereocenters. The number of anilines is 1. The SMILES string of the molecule is COC(=O)c1ccc(CNc2cc(C)ccc2Br)o1. The Labute approximate surface area is 119 Å². The molecule has 0 fully saturated rings. The Morgan fingerprint density at radius 3 is 2.89 bits per heavy atom. The van der Waals surface area contributed by atoms with Gasteiger partial charge in [-0.2, -0.15) is 0 Å². The molecule has 0 saturated carbocycles. The first-order chi connectivity index (χ1) is 9.10. The monoisotopic (exact) mass is 323 g/mol. The van der Waals surface area contributed by atoms with E-state index in [4.69, 9.17) is 4.42 Å². The number of hydrogen-bond acceptors (Lipinski definition) is 4. The zero-order chi connectivity index (χ0) is 13.8. The fraction of sp³-hybridized carbons (Fsp3) is 0.214. The van der Waals surface area contributed by atoms with E-state index < -0.39 is 5.97 Å². The second kappa shape index (κ2) is 5.93. The maximum atomic E-state index is 11.3. The molecule has 0 aliphatic carbocycles. The minimum absolute atomic E-state index is 0.211. The predicted octanol–water partition coefficient (Wildman–Crippen LogP) is 3.75. The van der Waals surface area contributed by atoms with Crippen LogP contribution in [0.3, 0.4) is 0 Å². The number of aryl methyl sites for hydroxylation is 1. The number of halogens is 1. The molecule has 0 bridgehead atoms. The van der Waals surface area contributed by atoms with E-state index in [2.05, 4.69) is 26.0 Å². The first kappa shape index (κ1) is 13.7. The van der Waals surface area contributed by atoms with Crippen molar-refractivity contribution in [2.75, 3.05) is 12.4 Å². The summed E-state index contributed by atoms with van der Waals surface area (Å²) >= 11 is 3.48. The summed E-state index contributed by atoms with van der Waals surface area (Å²) in [6.45, 7) is 2.53. The number of rotatable bonds is 4. The molecule has 5 heteroatoms. The highest BCUT2D eigenvalue weighted by Gasteiger charge is 2.11. The summed E-state index contributed by atoms with van der Waals surface area (Å²) in [5, 5.41) is 3.25. The van der Waals surface area contributed by atoms with Crippen molar-refractivity contribution in [2.24, 2.45) is 0 Å². The summed E-state index contributed by atoms with van der Waals surface area (Å²) in [6.07, 6.45) is 0. The van der Waals surface area contributed by atoms with Gasteiger partial charge < -0.3 is 14.5 Å². The third-order valence-corrected chi connectivity index (χ3v) is 3.31. The molecule has 1 heterocycles. The van der Waals surface area contributed by atoms with Gasteiger partial charge in [-0.15, -0.1) is 0 Å². The molecule has 2 rings (SSSR count). The number of carbonyl (C=O) groups excluding carboxylic acids is 1. The van der Waals surface area contributed by atoms with Gasteiger partial charge in [0, 0.05) is 10.2 Å². The molecule has 1 aromatic carbocycles. The van der Waals surface area contributed by atoms with Crippen LogP contribution < -0.4 is 5.32 Å². The Balaban J connectivity index is 2.04. The van der Waals surface area contributed by atoms with E-state index in [0.717, 1.165) is 10.2 Å². The molecule has 4 nitrogen and oxygen atoms in total. The van der Waals surface area contributed by atoms with Crippen LogP contribution in [-0.2, 0) is 11.3 Å². The van der Waals surface area contributed by atoms with Crippen molar-refractivity contribution in [1.29, 1.82) is 0 Å². The maximum absolute atomic E-state index is 11.3. The Kier molecular flexibility index (Phi) is 4.27. The number of nitrogens with one attached hydrogen (secondary N) is 1. The normalized spacial score (nSPS) is 10.3. The fourth-order valence-corrected chi connectivity index (χ4v) is 2.03. The van der Waals surface area contributed by atoms with E-state index >= 15 is 0 Å². The first-order valence-electron chi connectivity index (χ1n) is 5.77. The van der Waals surface area contributed by atoms with Crippen LogP contribution in [0.25, 0.3) is 0 Å². The van der Waals surface area contributed by atoms with Crippen molar-refractivity contribution >= 4 is 27.6 Å². The number of methoxy groups -OCH3 is 1. The van der Waals surface area contributed by atoms with Crippen LogP contribution >= 0.6 is 15.9 Å². The summed E-state index contributed by atoms with van der Waals surface area (Å²) in [4.78, 5) is 11.3.